The Morgan fingerprint density at radius 2 is 1.45 bits per heavy atom. The fraction of sp³-hybridized carbons (Fsp3) is 0.917. The molecule has 1 saturated carbocycles. The SMILES string of the molecule is CCC(OC(=O)C1CCCCC1)(C(F)(F)F)C(F)(F)F. The zero-order valence-corrected chi connectivity index (χ0v) is 10.9. The van der Waals surface area contributed by atoms with Crippen LogP contribution in [0.4, 0.5) is 26.3 Å². The lowest BCUT2D eigenvalue weighted by Crippen LogP contribution is -2.59. The van der Waals surface area contributed by atoms with E-state index in [9.17, 15) is 31.1 Å². The molecule has 20 heavy (non-hydrogen) atoms. The number of halogens is 6. The Hall–Kier alpha value is -0.950. The van der Waals surface area contributed by atoms with E-state index < -0.39 is 36.3 Å². The summed E-state index contributed by atoms with van der Waals surface area (Å²) in [6.45, 7) is 0.704. The zero-order chi connectivity index (χ0) is 15.6. The number of rotatable bonds is 3. The molecule has 0 spiro atoms. The van der Waals surface area contributed by atoms with Crippen molar-refractivity contribution in [2.75, 3.05) is 0 Å². The van der Waals surface area contributed by atoms with Crippen LogP contribution >= 0.6 is 0 Å². The third kappa shape index (κ3) is 3.20. The van der Waals surface area contributed by atoms with Crippen LogP contribution in [0.5, 0.6) is 0 Å². The third-order valence-electron chi connectivity index (χ3n) is 3.63. The molecule has 0 bridgehead atoms. The Bertz CT molecular complexity index is 327. The Labute approximate surface area is 112 Å². The first-order valence-electron chi connectivity index (χ1n) is 6.41. The first kappa shape index (κ1) is 17.1. The number of ether oxygens (including phenoxy) is 1. The van der Waals surface area contributed by atoms with E-state index in [2.05, 4.69) is 4.74 Å². The molecule has 1 rings (SSSR count). The van der Waals surface area contributed by atoms with Gasteiger partial charge in [0, 0.05) is 6.42 Å². The Morgan fingerprint density at radius 1 is 1.00 bits per heavy atom. The van der Waals surface area contributed by atoms with E-state index in [-0.39, 0.29) is 12.8 Å². The molecule has 0 saturated heterocycles. The molecule has 118 valence electrons. The van der Waals surface area contributed by atoms with E-state index in [4.69, 9.17) is 0 Å². The van der Waals surface area contributed by atoms with Crippen molar-refractivity contribution < 1.29 is 35.9 Å². The minimum Gasteiger partial charge on any atom is -0.439 e. The Balaban J connectivity index is 2.98. The minimum atomic E-state index is -5.69. The molecule has 1 fully saturated rings. The van der Waals surface area contributed by atoms with Crippen LogP contribution in [-0.2, 0) is 9.53 Å². The standard InChI is InChI=1S/C12H16F6O2/c1-2-10(11(13,14)15,12(16,17)18)20-9(19)8-6-4-3-5-7-8/h8H,2-7H2,1H3. The molecule has 0 aromatic carbocycles. The molecule has 1 aliphatic rings. The van der Waals surface area contributed by atoms with Crippen molar-refractivity contribution in [3.05, 3.63) is 0 Å². The lowest BCUT2D eigenvalue weighted by Gasteiger charge is -2.37. The number of hydrogen-bond donors (Lipinski definition) is 0. The van der Waals surface area contributed by atoms with Crippen molar-refractivity contribution in [1.82, 2.24) is 0 Å². The monoisotopic (exact) mass is 306 g/mol. The number of esters is 1. The van der Waals surface area contributed by atoms with Gasteiger partial charge in [0.1, 0.15) is 0 Å². The first-order valence-corrected chi connectivity index (χ1v) is 6.41. The van der Waals surface area contributed by atoms with Crippen LogP contribution in [-0.4, -0.2) is 23.9 Å². The quantitative estimate of drug-likeness (QED) is 0.571. The molecule has 0 unspecified atom stereocenters. The molecule has 0 amide bonds. The van der Waals surface area contributed by atoms with Crippen LogP contribution in [0, 0.1) is 5.92 Å². The number of carbonyl (C=O) groups excluding carboxylic acids is 1. The van der Waals surface area contributed by atoms with Gasteiger partial charge in [0.05, 0.1) is 5.92 Å². The van der Waals surface area contributed by atoms with Gasteiger partial charge in [-0.3, -0.25) is 4.79 Å². The van der Waals surface area contributed by atoms with E-state index >= 15 is 0 Å². The predicted octanol–water partition coefficient (Wildman–Crippen LogP) is 4.38. The Kier molecular flexibility index (Phi) is 4.97. The maximum atomic E-state index is 12.8. The van der Waals surface area contributed by atoms with Gasteiger partial charge in [-0.1, -0.05) is 26.2 Å². The van der Waals surface area contributed by atoms with Gasteiger partial charge in [-0.25, -0.2) is 0 Å². The smallest absolute Gasteiger partial charge is 0.437 e. The molecule has 0 radical (unpaired) electrons. The highest BCUT2D eigenvalue weighted by Crippen LogP contribution is 2.48. The molecule has 0 aliphatic heterocycles. The predicted molar refractivity (Wildman–Crippen MR) is 57.8 cm³/mol. The van der Waals surface area contributed by atoms with Crippen LogP contribution < -0.4 is 0 Å². The summed E-state index contributed by atoms with van der Waals surface area (Å²) >= 11 is 0. The largest absolute Gasteiger partial charge is 0.439 e. The van der Waals surface area contributed by atoms with Gasteiger partial charge in [-0.2, -0.15) is 26.3 Å². The van der Waals surface area contributed by atoms with Gasteiger partial charge in [-0.15, -0.1) is 0 Å². The molecule has 0 N–H and O–H groups in total. The van der Waals surface area contributed by atoms with Crippen LogP contribution in [0.1, 0.15) is 45.4 Å². The third-order valence-corrected chi connectivity index (χ3v) is 3.63. The average molecular weight is 306 g/mol. The highest BCUT2D eigenvalue weighted by atomic mass is 19.4. The van der Waals surface area contributed by atoms with Crippen LogP contribution in [0.2, 0.25) is 0 Å². The van der Waals surface area contributed by atoms with E-state index in [1.807, 2.05) is 0 Å². The summed E-state index contributed by atoms with van der Waals surface area (Å²) in [5.41, 5.74) is -4.41. The summed E-state index contributed by atoms with van der Waals surface area (Å²) in [5, 5.41) is 0. The highest BCUT2D eigenvalue weighted by Gasteiger charge is 2.73. The molecular formula is C12H16F6O2. The summed E-state index contributed by atoms with van der Waals surface area (Å²) in [6.07, 6.45) is -10.2. The summed E-state index contributed by atoms with van der Waals surface area (Å²) in [4.78, 5) is 11.6. The molecule has 8 heteroatoms. The van der Waals surface area contributed by atoms with Gasteiger partial charge >= 0.3 is 23.9 Å². The molecule has 0 aromatic rings. The van der Waals surface area contributed by atoms with Crippen molar-refractivity contribution >= 4 is 5.97 Å². The van der Waals surface area contributed by atoms with Crippen molar-refractivity contribution in [3.8, 4) is 0 Å². The molecule has 0 heterocycles. The highest BCUT2D eigenvalue weighted by molar-refractivity contribution is 5.73. The van der Waals surface area contributed by atoms with Gasteiger partial charge in [-0.05, 0) is 12.8 Å². The van der Waals surface area contributed by atoms with Gasteiger partial charge in [0.15, 0.2) is 0 Å². The fourth-order valence-corrected chi connectivity index (χ4v) is 2.34. The van der Waals surface area contributed by atoms with E-state index in [1.54, 1.807) is 0 Å². The summed E-state index contributed by atoms with van der Waals surface area (Å²) < 4.78 is 80.8. The minimum absolute atomic E-state index is 0.272. The fourth-order valence-electron chi connectivity index (χ4n) is 2.34. The maximum Gasteiger partial charge on any atom is 0.437 e. The topological polar surface area (TPSA) is 26.3 Å². The van der Waals surface area contributed by atoms with E-state index in [0.29, 0.717) is 19.8 Å². The molecule has 1 aliphatic carbocycles. The zero-order valence-electron chi connectivity index (χ0n) is 10.9. The van der Waals surface area contributed by atoms with Crippen molar-refractivity contribution in [2.24, 2.45) is 5.92 Å². The van der Waals surface area contributed by atoms with Crippen LogP contribution in [0.25, 0.3) is 0 Å². The number of carbonyl (C=O) groups is 1. The molecule has 0 aromatic heterocycles. The van der Waals surface area contributed by atoms with E-state index in [0.717, 1.165) is 6.42 Å². The van der Waals surface area contributed by atoms with Crippen LogP contribution in [0.15, 0.2) is 0 Å². The molecular weight excluding hydrogens is 290 g/mol. The normalized spacial score (nSPS) is 18.9. The van der Waals surface area contributed by atoms with Crippen molar-refractivity contribution in [3.63, 3.8) is 0 Å². The number of hydrogen-bond acceptors (Lipinski definition) is 2. The van der Waals surface area contributed by atoms with Crippen molar-refractivity contribution in [2.45, 2.75) is 63.4 Å². The lowest BCUT2D eigenvalue weighted by atomic mass is 9.89. The first-order chi connectivity index (χ1) is 9.05. The Morgan fingerprint density at radius 3 is 1.80 bits per heavy atom. The summed E-state index contributed by atoms with van der Waals surface area (Å²) in [5.74, 6) is -2.28. The lowest BCUT2D eigenvalue weighted by molar-refractivity contribution is -0.371. The van der Waals surface area contributed by atoms with Crippen molar-refractivity contribution in [1.29, 1.82) is 0 Å². The van der Waals surface area contributed by atoms with Gasteiger partial charge in [0.2, 0.25) is 0 Å². The average Bonchev–Trinajstić information content (AvgIpc) is 2.33. The molecule has 2 nitrogen and oxygen atoms in total. The number of alkyl halides is 6. The van der Waals surface area contributed by atoms with E-state index in [1.165, 1.54) is 0 Å². The van der Waals surface area contributed by atoms with Gasteiger partial charge in [0.25, 0.3) is 0 Å². The van der Waals surface area contributed by atoms with Gasteiger partial charge < -0.3 is 4.74 Å². The molecule has 0 atom stereocenters. The van der Waals surface area contributed by atoms with Crippen LogP contribution in [0.3, 0.4) is 0 Å². The second kappa shape index (κ2) is 5.81. The summed E-state index contributed by atoms with van der Waals surface area (Å²) in [6, 6.07) is 0. The summed E-state index contributed by atoms with van der Waals surface area (Å²) in [7, 11) is 0. The second-order valence-electron chi connectivity index (χ2n) is 4.93. The maximum absolute atomic E-state index is 12.8. The second-order valence-corrected chi connectivity index (χ2v) is 4.93.